The van der Waals surface area contributed by atoms with Crippen LogP contribution in [0.4, 0.5) is 4.39 Å². The molecule has 0 aliphatic carbocycles. The van der Waals surface area contributed by atoms with Crippen molar-refractivity contribution in [1.29, 1.82) is 0 Å². The van der Waals surface area contributed by atoms with Crippen LogP contribution in [-0.2, 0) is 13.1 Å². The van der Waals surface area contributed by atoms with Crippen molar-refractivity contribution >= 4 is 29.9 Å². The van der Waals surface area contributed by atoms with Crippen LogP contribution in [0.1, 0.15) is 11.1 Å². The first-order chi connectivity index (χ1) is 10.7. The molecule has 0 aliphatic rings. The van der Waals surface area contributed by atoms with Gasteiger partial charge in [0.1, 0.15) is 11.6 Å². The summed E-state index contributed by atoms with van der Waals surface area (Å²) in [5, 5.41) is 6.37. The third-order valence-electron chi connectivity index (χ3n) is 3.19. The van der Waals surface area contributed by atoms with Crippen LogP contribution in [0.15, 0.2) is 53.5 Å². The molecule has 6 heteroatoms. The van der Waals surface area contributed by atoms with Gasteiger partial charge in [-0.2, -0.15) is 0 Å². The first-order valence-corrected chi connectivity index (χ1v) is 7.03. The molecule has 0 fully saturated rings. The number of nitrogens with one attached hydrogen (secondary N) is 2. The smallest absolute Gasteiger partial charge is 0.191 e. The molecule has 0 aromatic heterocycles. The van der Waals surface area contributed by atoms with Crippen LogP contribution in [0.25, 0.3) is 0 Å². The average molecular weight is 429 g/mol. The molecule has 2 aromatic carbocycles. The molecule has 23 heavy (non-hydrogen) atoms. The van der Waals surface area contributed by atoms with Crippen LogP contribution >= 0.6 is 24.0 Å². The highest BCUT2D eigenvalue weighted by atomic mass is 127. The molecule has 124 valence electrons. The summed E-state index contributed by atoms with van der Waals surface area (Å²) < 4.78 is 18.2. The largest absolute Gasteiger partial charge is 0.497 e. The van der Waals surface area contributed by atoms with E-state index in [0.29, 0.717) is 19.0 Å². The van der Waals surface area contributed by atoms with Gasteiger partial charge >= 0.3 is 0 Å². The van der Waals surface area contributed by atoms with E-state index in [0.717, 1.165) is 16.9 Å². The van der Waals surface area contributed by atoms with E-state index in [1.807, 2.05) is 30.3 Å². The Hall–Kier alpha value is -1.83. The molecule has 0 spiro atoms. The second kappa shape index (κ2) is 10.0. The number of ether oxygens (including phenoxy) is 1. The van der Waals surface area contributed by atoms with E-state index in [1.165, 1.54) is 12.1 Å². The fraction of sp³-hybridized carbons (Fsp3) is 0.235. The van der Waals surface area contributed by atoms with Crippen LogP contribution < -0.4 is 15.4 Å². The zero-order valence-corrected chi connectivity index (χ0v) is 15.5. The lowest BCUT2D eigenvalue weighted by atomic mass is 10.2. The zero-order chi connectivity index (χ0) is 15.8. The Kier molecular flexibility index (Phi) is 8.39. The molecule has 0 bridgehead atoms. The molecule has 2 rings (SSSR count). The van der Waals surface area contributed by atoms with Crippen molar-refractivity contribution in [3.05, 3.63) is 65.5 Å². The second-order valence-corrected chi connectivity index (χ2v) is 4.76. The van der Waals surface area contributed by atoms with Crippen molar-refractivity contribution in [2.75, 3.05) is 14.2 Å². The lowest BCUT2D eigenvalue weighted by molar-refractivity contribution is 0.414. The number of halogens is 2. The Morgan fingerprint density at radius 3 is 2.26 bits per heavy atom. The van der Waals surface area contributed by atoms with Crippen molar-refractivity contribution in [1.82, 2.24) is 10.6 Å². The number of methoxy groups -OCH3 is 1. The summed E-state index contributed by atoms with van der Waals surface area (Å²) >= 11 is 0. The highest BCUT2D eigenvalue weighted by Gasteiger charge is 2.00. The zero-order valence-electron chi connectivity index (χ0n) is 13.2. The Morgan fingerprint density at radius 1 is 1.04 bits per heavy atom. The summed E-state index contributed by atoms with van der Waals surface area (Å²) in [7, 11) is 3.35. The minimum atomic E-state index is -0.236. The van der Waals surface area contributed by atoms with Crippen LogP contribution in [0.3, 0.4) is 0 Å². The Bertz CT molecular complexity index is 632. The maximum Gasteiger partial charge on any atom is 0.191 e. The summed E-state index contributed by atoms with van der Waals surface area (Å²) in [6.07, 6.45) is 0. The maximum atomic E-state index is 13.1. The van der Waals surface area contributed by atoms with Crippen molar-refractivity contribution < 1.29 is 9.13 Å². The average Bonchev–Trinajstić information content (AvgIpc) is 2.55. The Balaban J connectivity index is 0.00000264. The molecule has 0 heterocycles. The topological polar surface area (TPSA) is 45.7 Å². The van der Waals surface area contributed by atoms with E-state index >= 15 is 0 Å². The summed E-state index contributed by atoms with van der Waals surface area (Å²) in [6.45, 7) is 1.16. The van der Waals surface area contributed by atoms with Gasteiger partial charge in [-0.05, 0) is 35.4 Å². The van der Waals surface area contributed by atoms with Crippen LogP contribution in [0.5, 0.6) is 5.75 Å². The SMILES string of the molecule is CN=C(NCc1ccc(OC)cc1)NCc1cccc(F)c1.I. The summed E-state index contributed by atoms with van der Waals surface area (Å²) in [5.41, 5.74) is 1.99. The molecule has 0 radical (unpaired) electrons. The highest BCUT2D eigenvalue weighted by Crippen LogP contribution is 2.10. The Morgan fingerprint density at radius 2 is 1.70 bits per heavy atom. The van der Waals surface area contributed by atoms with Gasteiger partial charge in [-0.15, -0.1) is 24.0 Å². The standard InChI is InChI=1S/C17H20FN3O.HI/c1-19-17(21-12-14-4-3-5-15(18)10-14)20-11-13-6-8-16(22-2)9-7-13;/h3-10H,11-12H2,1-2H3,(H2,19,20,21);1H. The van der Waals surface area contributed by atoms with E-state index in [2.05, 4.69) is 15.6 Å². The number of hydrogen-bond donors (Lipinski definition) is 2. The Labute approximate surface area is 153 Å². The van der Waals surface area contributed by atoms with Crippen LogP contribution in [-0.4, -0.2) is 20.1 Å². The quantitative estimate of drug-likeness (QED) is 0.436. The van der Waals surface area contributed by atoms with Gasteiger partial charge in [0.25, 0.3) is 0 Å². The number of aliphatic imine (C=N–C) groups is 1. The highest BCUT2D eigenvalue weighted by molar-refractivity contribution is 14.0. The lowest BCUT2D eigenvalue weighted by Gasteiger charge is -2.12. The van der Waals surface area contributed by atoms with E-state index in [-0.39, 0.29) is 29.8 Å². The van der Waals surface area contributed by atoms with Gasteiger partial charge in [0.2, 0.25) is 0 Å². The van der Waals surface area contributed by atoms with E-state index in [9.17, 15) is 4.39 Å². The molecular weight excluding hydrogens is 408 g/mol. The number of nitrogens with zero attached hydrogens (tertiary/aromatic N) is 1. The summed E-state index contributed by atoms with van der Waals surface area (Å²) in [4.78, 5) is 4.15. The number of guanidine groups is 1. The minimum Gasteiger partial charge on any atom is -0.497 e. The molecular formula is C17H21FIN3O. The normalized spacial score (nSPS) is 10.7. The maximum absolute atomic E-state index is 13.1. The number of benzene rings is 2. The van der Waals surface area contributed by atoms with Gasteiger partial charge in [-0.3, -0.25) is 4.99 Å². The number of hydrogen-bond acceptors (Lipinski definition) is 2. The monoisotopic (exact) mass is 429 g/mol. The molecule has 0 saturated heterocycles. The van der Waals surface area contributed by atoms with Crippen LogP contribution in [0, 0.1) is 5.82 Å². The fourth-order valence-electron chi connectivity index (χ4n) is 1.98. The van der Waals surface area contributed by atoms with Crippen molar-refractivity contribution in [2.45, 2.75) is 13.1 Å². The third-order valence-corrected chi connectivity index (χ3v) is 3.19. The predicted molar refractivity (Wildman–Crippen MR) is 102 cm³/mol. The van der Waals surface area contributed by atoms with Crippen molar-refractivity contribution in [3.63, 3.8) is 0 Å². The van der Waals surface area contributed by atoms with E-state index in [1.54, 1.807) is 20.2 Å². The van der Waals surface area contributed by atoms with Gasteiger partial charge in [0.05, 0.1) is 7.11 Å². The predicted octanol–water partition coefficient (Wildman–Crippen LogP) is 3.32. The summed E-state index contributed by atoms with van der Waals surface area (Å²) in [6, 6.07) is 14.3. The van der Waals surface area contributed by atoms with E-state index in [4.69, 9.17) is 4.74 Å². The van der Waals surface area contributed by atoms with Gasteiger partial charge in [-0.25, -0.2) is 4.39 Å². The third kappa shape index (κ3) is 6.43. The van der Waals surface area contributed by atoms with Crippen LogP contribution in [0.2, 0.25) is 0 Å². The van der Waals surface area contributed by atoms with Gasteiger partial charge < -0.3 is 15.4 Å². The van der Waals surface area contributed by atoms with Crippen molar-refractivity contribution in [2.24, 2.45) is 4.99 Å². The lowest BCUT2D eigenvalue weighted by Crippen LogP contribution is -2.36. The molecule has 4 nitrogen and oxygen atoms in total. The second-order valence-electron chi connectivity index (χ2n) is 4.76. The molecule has 2 N–H and O–H groups in total. The fourth-order valence-corrected chi connectivity index (χ4v) is 1.98. The molecule has 0 aliphatic heterocycles. The first kappa shape index (κ1) is 19.2. The minimum absolute atomic E-state index is 0. The van der Waals surface area contributed by atoms with E-state index < -0.39 is 0 Å². The molecule has 0 amide bonds. The molecule has 0 unspecified atom stereocenters. The van der Waals surface area contributed by atoms with Crippen molar-refractivity contribution in [3.8, 4) is 5.75 Å². The molecule has 0 saturated carbocycles. The first-order valence-electron chi connectivity index (χ1n) is 7.03. The number of rotatable bonds is 5. The van der Waals surface area contributed by atoms with Gasteiger partial charge in [-0.1, -0.05) is 24.3 Å². The summed E-state index contributed by atoms with van der Waals surface area (Å²) in [5.74, 6) is 1.26. The molecule has 0 atom stereocenters. The van der Waals surface area contributed by atoms with Gasteiger partial charge in [0, 0.05) is 20.1 Å². The molecule has 2 aromatic rings. The van der Waals surface area contributed by atoms with Gasteiger partial charge in [0.15, 0.2) is 5.96 Å².